The Kier molecular flexibility index (Phi) is 5.15. The minimum atomic E-state index is -0.346. The van der Waals surface area contributed by atoms with Gasteiger partial charge in [0.25, 0.3) is 5.91 Å². The summed E-state index contributed by atoms with van der Waals surface area (Å²) in [6.07, 6.45) is 1.47. The Bertz CT molecular complexity index is 828. The number of carbonyl (C=O) groups excluding carboxylic acids is 1. The number of thiophene rings is 1. The van der Waals surface area contributed by atoms with Gasteiger partial charge >= 0.3 is 0 Å². The molecule has 25 heavy (non-hydrogen) atoms. The molecule has 6 nitrogen and oxygen atoms in total. The predicted molar refractivity (Wildman–Crippen MR) is 99.3 cm³/mol. The van der Waals surface area contributed by atoms with Gasteiger partial charge in [-0.3, -0.25) is 4.79 Å². The van der Waals surface area contributed by atoms with Crippen molar-refractivity contribution >= 4 is 28.7 Å². The van der Waals surface area contributed by atoms with Gasteiger partial charge in [-0.15, -0.1) is 0 Å². The minimum Gasteiger partial charge on any atom is -0.489 e. The first-order chi connectivity index (χ1) is 12.1. The van der Waals surface area contributed by atoms with E-state index >= 15 is 0 Å². The Hall–Kier alpha value is -3.06. The lowest BCUT2D eigenvalue weighted by Gasteiger charge is -2.10. The molecule has 0 radical (unpaired) electrons. The van der Waals surface area contributed by atoms with E-state index in [0.717, 1.165) is 16.9 Å². The molecular weight excluding hydrogens is 336 g/mol. The Morgan fingerprint density at radius 1 is 1.12 bits per heavy atom. The van der Waals surface area contributed by atoms with Crippen LogP contribution in [0.5, 0.6) is 5.75 Å². The van der Waals surface area contributed by atoms with Crippen LogP contribution >= 0.6 is 11.3 Å². The smallest absolute Gasteiger partial charge is 0.257 e. The number of aromatic nitrogens is 1. The third-order valence-corrected chi connectivity index (χ3v) is 4.33. The molecule has 0 aliphatic rings. The van der Waals surface area contributed by atoms with Gasteiger partial charge in [0.15, 0.2) is 0 Å². The molecule has 0 fully saturated rings. The Balaban J connectivity index is 1.55. The van der Waals surface area contributed by atoms with Crippen molar-refractivity contribution in [3.8, 4) is 5.75 Å². The Morgan fingerprint density at radius 2 is 1.92 bits per heavy atom. The lowest BCUT2D eigenvalue weighted by Crippen LogP contribution is -2.25. The minimum absolute atomic E-state index is 0.120. The summed E-state index contributed by atoms with van der Waals surface area (Å²) in [5.41, 5.74) is 14.1. The molecule has 0 bridgehead atoms. The van der Waals surface area contributed by atoms with Crippen molar-refractivity contribution in [3.05, 3.63) is 70.0 Å². The van der Waals surface area contributed by atoms with E-state index in [1.807, 2.05) is 35.7 Å². The maximum atomic E-state index is 12.2. The molecule has 3 rings (SSSR count). The molecule has 0 atom stereocenters. The van der Waals surface area contributed by atoms with Crippen LogP contribution in [0.2, 0.25) is 0 Å². The number of hydrogen-bond donors (Lipinski definition) is 3. The normalized spacial score (nSPS) is 10.4. The maximum Gasteiger partial charge on any atom is 0.257 e. The number of nitrogens with zero attached hydrogens (tertiary/aromatic N) is 1. The van der Waals surface area contributed by atoms with Gasteiger partial charge in [0, 0.05) is 18.4 Å². The van der Waals surface area contributed by atoms with Crippen LogP contribution in [-0.2, 0) is 13.2 Å². The van der Waals surface area contributed by atoms with Crippen LogP contribution in [0.15, 0.2) is 53.4 Å². The number of amides is 1. The number of benzene rings is 1. The zero-order chi connectivity index (χ0) is 17.6. The molecule has 1 aromatic carbocycles. The molecule has 5 N–H and O–H groups in total. The van der Waals surface area contributed by atoms with Crippen molar-refractivity contribution < 1.29 is 9.53 Å². The predicted octanol–water partition coefficient (Wildman–Crippen LogP) is 2.82. The molecule has 0 saturated carbocycles. The van der Waals surface area contributed by atoms with Gasteiger partial charge in [0.05, 0.1) is 0 Å². The molecular formula is C18H18N4O2S. The third kappa shape index (κ3) is 4.27. The summed E-state index contributed by atoms with van der Waals surface area (Å²) >= 11 is 1.64. The summed E-state index contributed by atoms with van der Waals surface area (Å²) in [5, 5.41) is 6.87. The number of ether oxygens (including phenoxy) is 1. The van der Waals surface area contributed by atoms with E-state index in [1.54, 1.807) is 17.4 Å². The van der Waals surface area contributed by atoms with Crippen LogP contribution in [0, 0.1) is 0 Å². The summed E-state index contributed by atoms with van der Waals surface area (Å²) in [6, 6.07) is 11.1. The quantitative estimate of drug-likeness (QED) is 0.631. The summed E-state index contributed by atoms with van der Waals surface area (Å²) in [4.78, 5) is 16.1. The fourth-order valence-corrected chi connectivity index (χ4v) is 2.91. The summed E-state index contributed by atoms with van der Waals surface area (Å²) < 4.78 is 5.71. The van der Waals surface area contributed by atoms with Crippen molar-refractivity contribution in [1.82, 2.24) is 10.3 Å². The lowest BCUT2D eigenvalue weighted by molar-refractivity contribution is 0.0952. The number of rotatable bonds is 6. The standard InChI is InChI=1S/C18H18N4O2S/c19-15-5-7-21-17(20)16(15)18(23)22-9-12-1-3-14(4-2-12)24-10-13-6-8-25-11-13/h1-8,11H,9-10H2,(H,22,23)(H4,19,20,21). The molecule has 0 aliphatic heterocycles. The molecule has 2 aromatic heterocycles. The average molecular weight is 354 g/mol. The highest BCUT2D eigenvalue weighted by molar-refractivity contribution is 7.07. The van der Waals surface area contributed by atoms with Crippen molar-refractivity contribution in [1.29, 1.82) is 0 Å². The SMILES string of the molecule is Nc1ccnc(N)c1C(=O)NCc1ccc(OCc2ccsc2)cc1. The van der Waals surface area contributed by atoms with Gasteiger partial charge in [-0.1, -0.05) is 12.1 Å². The van der Waals surface area contributed by atoms with Crippen LogP contribution < -0.4 is 21.5 Å². The topological polar surface area (TPSA) is 103 Å². The molecule has 1 amide bonds. The van der Waals surface area contributed by atoms with Crippen molar-refractivity contribution in [2.45, 2.75) is 13.2 Å². The molecule has 2 heterocycles. The maximum absolute atomic E-state index is 12.2. The van der Waals surface area contributed by atoms with Gasteiger partial charge < -0.3 is 21.5 Å². The Morgan fingerprint density at radius 3 is 2.60 bits per heavy atom. The van der Waals surface area contributed by atoms with E-state index in [9.17, 15) is 4.79 Å². The summed E-state index contributed by atoms with van der Waals surface area (Å²) in [6.45, 7) is 0.899. The van der Waals surface area contributed by atoms with Gasteiger partial charge in [-0.25, -0.2) is 4.98 Å². The van der Waals surface area contributed by atoms with Gasteiger partial charge in [0.2, 0.25) is 0 Å². The second-order valence-corrected chi connectivity index (χ2v) is 6.19. The fraction of sp³-hybridized carbons (Fsp3) is 0.111. The fourth-order valence-electron chi connectivity index (χ4n) is 2.26. The third-order valence-electron chi connectivity index (χ3n) is 3.60. The second-order valence-electron chi connectivity index (χ2n) is 5.41. The van der Waals surface area contributed by atoms with E-state index in [4.69, 9.17) is 16.2 Å². The largest absolute Gasteiger partial charge is 0.489 e. The molecule has 7 heteroatoms. The number of carbonyl (C=O) groups is 1. The first-order valence-electron chi connectivity index (χ1n) is 7.64. The molecule has 0 spiro atoms. The number of nitrogens with one attached hydrogen (secondary N) is 1. The monoisotopic (exact) mass is 354 g/mol. The zero-order valence-corrected chi connectivity index (χ0v) is 14.3. The van der Waals surface area contributed by atoms with Crippen molar-refractivity contribution in [2.75, 3.05) is 11.5 Å². The molecule has 128 valence electrons. The highest BCUT2D eigenvalue weighted by Crippen LogP contribution is 2.17. The number of nitrogens with two attached hydrogens (primary N) is 2. The highest BCUT2D eigenvalue weighted by atomic mass is 32.1. The Labute approximate surface area is 149 Å². The number of nitrogen functional groups attached to an aromatic ring is 2. The molecule has 0 aliphatic carbocycles. The molecule has 0 saturated heterocycles. The number of hydrogen-bond acceptors (Lipinski definition) is 6. The highest BCUT2D eigenvalue weighted by Gasteiger charge is 2.13. The van der Waals surface area contributed by atoms with Gasteiger partial charge in [-0.05, 0) is 46.2 Å². The summed E-state index contributed by atoms with van der Waals surface area (Å²) in [7, 11) is 0. The van der Waals surface area contributed by atoms with Crippen molar-refractivity contribution in [3.63, 3.8) is 0 Å². The zero-order valence-electron chi connectivity index (χ0n) is 13.4. The van der Waals surface area contributed by atoms with E-state index in [0.29, 0.717) is 18.8 Å². The average Bonchev–Trinajstić information content (AvgIpc) is 3.12. The first-order valence-corrected chi connectivity index (χ1v) is 8.59. The van der Waals surface area contributed by atoms with Gasteiger partial charge in [-0.2, -0.15) is 11.3 Å². The number of anilines is 2. The molecule has 0 unspecified atom stereocenters. The van der Waals surface area contributed by atoms with Crippen LogP contribution in [0.4, 0.5) is 11.5 Å². The lowest BCUT2D eigenvalue weighted by atomic mass is 10.2. The van der Waals surface area contributed by atoms with Crippen LogP contribution in [0.3, 0.4) is 0 Å². The van der Waals surface area contributed by atoms with Crippen molar-refractivity contribution in [2.24, 2.45) is 0 Å². The van der Waals surface area contributed by atoms with Crippen LogP contribution in [0.25, 0.3) is 0 Å². The second kappa shape index (κ2) is 7.67. The van der Waals surface area contributed by atoms with E-state index < -0.39 is 0 Å². The van der Waals surface area contributed by atoms with Gasteiger partial charge in [0.1, 0.15) is 23.7 Å². The van der Waals surface area contributed by atoms with E-state index in [2.05, 4.69) is 15.7 Å². The van der Waals surface area contributed by atoms with E-state index in [1.165, 1.54) is 6.20 Å². The summed E-state index contributed by atoms with van der Waals surface area (Å²) in [5.74, 6) is 0.553. The first kappa shape index (κ1) is 16.8. The van der Waals surface area contributed by atoms with Crippen LogP contribution in [-0.4, -0.2) is 10.9 Å². The number of pyridine rings is 1. The van der Waals surface area contributed by atoms with Crippen LogP contribution in [0.1, 0.15) is 21.5 Å². The molecule has 3 aromatic rings. The van der Waals surface area contributed by atoms with E-state index in [-0.39, 0.29) is 17.3 Å².